The summed E-state index contributed by atoms with van der Waals surface area (Å²) in [4.78, 5) is 57.1. The average Bonchev–Trinajstić information content (AvgIpc) is 3.63. The number of carbonyl (C=O) groups is 2. The van der Waals surface area contributed by atoms with Crippen molar-refractivity contribution < 1.29 is 24.2 Å². The number of aliphatic hydroxyl groups excluding tert-OH is 1. The number of nitrogens with zero attached hydrogens (tertiary/aromatic N) is 3. The maximum Gasteiger partial charge on any atom is 0.279 e. The van der Waals surface area contributed by atoms with Crippen molar-refractivity contribution in [3.8, 4) is 5.69 Å². The van der Waals surface area contributed by atoms with Crippen LogP contribution in [0, 0.1) is 5.92 Å². The Kier molecular flexibility index (Phi) is 7.63. The van der Waals surface area contributed by atoms with Gasteiger partial charge in [-0.3, -0.25) is 19.5 Å². The summed E-state index contributed by atoms with van der Waals surface area (Å²) in [5, 5.41) is 14.0. The second kappa shape index (κ2) is 11.4. The minimum absolute atomic E-state index is 0.0440. The maximum absolute atomic E-state index is 14.6. The average molecular weight is 653 g/mol. The van der Waals surface area contributed by atoms with E-state index in [2.05, 4.69) is 11.7 Å². The SMILES string of the molecule is C=CCN1C(=O)[C@@]2(O[C@@H](CC(=O)N3Cc4ccccc4C[C@H]3CO)[C@H]([Si](C)(C)O)[C@H]2C)c2cc(-n3[nH]c4ccccc4c3=O)ccc21. The van der Waals surface area contributed by atoms with E-state index in [9.17, 15) is 24.3 Å². The summed E-state index contributed by atoms with van der Waals surface area (Å²) < 4.78 is 8.36. The number of amides is 2. The third-order valence-electron chi connectivity index (χ3n) is 10.4. The van der Waals surface area contributed by atoms with Gasteiger partial charge in [-0.1, -0.05) is 49.4 Å². The van der Waals surface area contributed by atoms with Gasteiger partial charge in [0, 0.05) is 30.1 Å². The number of benzene rings is 3. The van der Waals surface area contributed by atoms with Crippen LogP contribution in [0.1, 0.15) is 30.0 Å². The number of aliphatic hydroxyl groups is 1. The Bertz CT molecular complexity index is 1960. The maximum atomic E-state index is 14.6. The molecule has 1 aromatic heterocycles. The lowest BCUT2D eigenvalue weighted by molar-refractivity contribution is -0.150. The number of hydrogen-bond donors (Lipinski definition) is 3. The van der Waals surface area contributed by atoms with E-state index in [1.807, 2.05) is 74.6 Å². The first-order chi connectivity index (χ1) is 22.5. The van der Waals surface area contributed by atoms with Crippen LogP contribution < -0.4 is 10.5 Å². The molecule has 2 amide bonds. The highest BCUT2D eigenvalue weighted by molar-refractivity contribution is 6.71. The number of carbonyl (C=O) groups excluding carboxylic acids is 2. The van der Waals surface area contributed by atoms with Crippen molar-refractivity contribution in [1.82, 2.24) is 14.7 Å². The van der Waals surface area contributed by atoms with E-state index >= 15 is 0 Å². The predicted molar refractivity (Wildman–Crippen MR) is 182 cm³/mol. The molecule has 0 bridgehead atoms. The van der Waals surface area contributed by atoms with Gasteiger partial charge in [0.05, 0.1) is 47.5 Å². The molecule has 1 fully saturated rings. The highest BCUT2D eigenvalue weighted by Crippen LogP contribution is 2.60. The molecule has 1 saturated heterocycles. The number of hydrogen-bond acceptors (Lipinski definition) is 6. The van der Waals surface area contributed by atoms with Crippen molar-refractivity contribution in [2.24, 2.45) is 5.92 Å². The Balaban J connectivity index is 1.30. The molecule has 3 aliphatic rings. The summed E-state index contributed by atoms with van der Waals surface area (Å²) >= 11 is 0. The third-order valence-corrected chi connectivity index (χ3v) is 12.9. The molecular formula is C36H40N4O6Si. The second-order valence-corrected chi connectivity index (χ2v) is 17.6. The van der Waals surface area contributed by atoms with Gasteiger partial charge < -0.3 is 24.4 Å². The molecule has 4 aromatic rings. The van der Waals surface area contributed by atoms with E-state index in [4.69, 9.17) is 4.74 Å². The van der Waals surface area contributed by atoms with Gasteiger partial charge in [-0.15, -0.1) is 6.58 Å². The van der Waals surface area contributed by atoms with E-state index in [-0.39, 0.29) is 43.0 Å². The van der Waals surface area contributed by atoms with Crippen LogP contribution in [-0.2, 0) is 32.9 Å². The number of aromatic amines is 1. The number of para-hydroxylation sites is 1. The molecular weight excluding hydrogens is 613 g/mol. The second-order valence-electron chi connectivity index (χ2n) is 13.6. The summed E-state index contributed by atoms with van der Waals surface area (Å²) in [6.45, 7) is 9.88. The van der Waals surface area contributed by atoms with E-state index in [0.29, 0.717) is 40.8 Å². The molecule has 0 saturated carbocycles. The standard InChI is InChI=1S/C36H40N4O6Si/c1-5-16-38-30-15-14-25(40-34(43)27-12-8-9-13-29(27)37-40)18-28(30)36(35(38)44)22(2)33(47(3,4)45)31(46-36)19-32(42)39-20-24-11-7-6-10-23(24)17-26(39)21-41/h5-15,18,22,26,31,33,37,41,45H,1,16-17,19-21H2,2-4H3/t22-,26+,31+,33-,36+/m1/s1. The van der Waals surface area contributed by atoms with Crippen molar-refractivity contribution in [2.45, 2.75) is 62.7 Å². The number of ether oxygens (including phenoxy) is 1. The zero-order chi connectivity index (χ0) is 33.2. The minimum Gasteiger partial charge on any atom is -0.432 e. The van der Waals surface area contributed by atoms with Gasteiger partial charge >= 0.3 is 0 Å². The van der Waals surface area contributed by atoms with Crippen LogP contribution in [0.4, 0.5) is 5.69 Å². The van der Waals surface area contributed by atoms with Gasteiger partial charge in [0.25, 0.3) is 11.5 Å². The van der Waals surface area contributed by atoms with Gasteiger partial charge in [0.15, 0.2) is 13.9 Å². The topological polar surface area (TPSA) is 128 Å². The minimum atomic E-state index is -3.04. The number of rotatable bonds is 7. The molecule has 0 radical (unpaired) electrons. The van der Waals surface area contributed by atoms with Gasteiger partial charge in [0.1, 0.15) is 0 Å². The molecule has 0 aliphatic carbocycles. The van der Waals surface area contributed by atoms with Crippen molar-refractivity contribution in [3.05, 3.63) is 106 Å². The number of nitrogens with one attached hydrogen (secondary N) is 1. The van der Waals surface area contributed by atoms with Crippen LogP contribution in [0.2, 0.25) is 18.6 Å². The zero-order valence-electron chi connectivity index (χ0n) is 26.8. The number of aromatic nitrogens is 2. The molecule has 3 N–H and O–H groups in total. The normalized spacial score (nSPS) is 25.4. The Hall–Kier alpha value is -4.29. The smallest absolute Gasteiger partial charge is 0.279 e. The lowest BCUT2D eigenvalue weighted by Gasteiger charge is -2.37. The fourth-order valence-electron chi connectivity index (χ4n) is 8.29. The fourth-order valence-corrected chi connectivity index (χ4v) is 10.8. The van der Waals surface area contributed by atoms with Crippen molar-refractivity contribution >= 4 is 36.7 Å². The summed E-state index contributed by atoms with van der Waals surface area (Å²) in [7, 11) is -3.04. The lowest BCUT2D eigenvalue weighted by Crippen LogP contribution is -2.48. The number of H-pyrrole nitrogens is 1. The van der Waals surface area contributed by atoms with Crippen LogP contribution in [0.15, 0.2) is 84.2 Å². The Morgan fingerprint density at radius 2 is 1.83 bits per heavy atom. The molecule has 7 rings (SSSR count). The van der Waals surface area contributed by atoms with Crippen molar-refractivity contribution in [1.29, 1.82) is 0 Å². The van der Waals surface area contributed by atoms with Crippen molar-refractivity contribution in [2.75, 3.05) is 18.1 Å². The van der Waals surface area contributed by atoms with Crippen LogP contribution in [0.25, 0.3) is 16.6 Å². The van der Waals surface area contributed by atoms with E-state index in [1.54, 1.807) is 28.0 Å². The molecule has 11 heteroatoms. The molecule has 0 unspecified atom stereocenters. The first-order valence-corrected chi connectivity index (χ1v) is 19.2. The first-order valence-electron chi connectivity index (χ1n) is 16.1. The number of fused-ring (bicyclic) bond motifs is 4. The van der Waals surface area contributed by atoms with E-state index < -0.39 is 31.5 Å². The van der Waals surface area contributed by atoms with Crippen LogP contribution in [0.5, 0.6) is 0 Å². The predicted octanol–water partition coefficient (Wildman–Crippen LogP) is 3.99. The van der Waals surface area contributed by atoms with Gasteiger partial charge in [-0.05, 0) is 61.0 Å². The Labute approximate surface area is 274 Å². The van der Waals surface area contributed by atoms with Crippen LogP contribution >= 0.6 is 0 Å². The molecule has 3 aliphatic heterocycles. The van der Waals surface area contributed by atoms with Gasteiger partial charge in [-0.2, -0.15) is 0 Å². The lowest BCUT2D eigenvalue weighted by atomic mass is 9.82. The summed E-state index contributed by atoms with van der Waals surface area (Å²) in [5.74, 6) is -0.958. The number of anilines is 1. The molecule has 47 heavy (non-hydrogen) atoms. The first kappa shape index (κ1) is 31.3. The molecule has 5 atom stereocenters. The van der Waals surface area contributed by atoms with Crippen LogP contribution in [0.3, 0.4) is 0 Å². The van der Waals surface area contributed by atoms with Gasteiger partial charge in [-0.25, -0.2) is 4.68 Å². The summed E-state index contributed by atoms with van der Waals surface area (Å²) in [5.41, 5.74) is 2.46. The highest BCUT2D eigenvalue weighted by atomic mass is 28.4. The van der Waals surface area contributed by atoms with Crippen LogP contribution in [-0.4, -0.2) is 70.0 Å². The monoisotopic (exact) mass is 652 g/mol. The van der Waals surface area contributed by atoms with Gasteiger partial charge in [0.2, 0.25) is 5.91 Å². The highest BCUT2D eigenvalue weighted by Gasteiger charge is 2.66. The fraction of sp³-hybridized carbons (Fsp3) is 0.361. The van der Waals surface area contributed by atoms with E-state index in [0.717, 1.165) is 11.1 Å². The van der Waals surface area contributed by atoms with E-state index in [1.165, 1.54) is 4.68 Å². The molecule has 1 spiro atoms. The zero-order valence-corrected chi connectivity index (χ0v) is 27.8. The largest absolute Gasteiger partial charge is 0.432 e. The Morgan fingerprint density at radius 1 is 1.11 bits per heavy atom. The quantitative estimate of drug-likeness (QED) is 0.205. The summed E-state index contributed by atoms with van der Waals surface area (Å²) in [6.07, 6.45) is 1.41. The molecule has 244 valence electrons. The molecule has 3 aromatic carbocycles. The third kappa shape index (κ3) is 4.83. The molecule has 10 nitrogen and oxygen atoms in total. The molecule has 4 heterocycles. The Morgan fingerprint density at radius 3 is 2.53 bits per heavy atom. The summed E-state index contributed by atoms with van der Waals surface area (Å²) in [6, 6.07) is 20.3. The van der Waals surface area contributed by atoms with Crippen molar-refractivity contribution in [3.63, 3.8) is 0 Å².